The number of hydrogen-bond acceptors (Lipinski definition) is 11. The van der Waals surface area contributed by atoms with Crippen molar-refractivity contribution in [2.24, 2.45) is 5.92 Å². The van der Waals surface area contributed by atoms with Crippen LogP contribution in [-0.4, -0.2) is 123 Å². The first-order valence-corrected chi connectivity index (χ1v) is 19.8. The Morgan fingerprint density at radius 1 is 0.737 bits per heavy atom. The van der Waals surface area contributed by atoms with Gasteiger partial charge in [0.05, 0.1) is 26.2 Å². The highest BCUT2D eigenvalue weighted by Crippen LogP contribution is 2.36. The summed E-state index contributed by atoms with van der Waals surface area (Å²) in [6.45, 7) is 8.62. The van der Waals surface area contributed by atoms with E-state index < -0.39 is 0 Å². The zero-order chi connectivity index (χ0) is 41.4. The van der Waals surface area contributed by atoms with Crippen LogP contribution in [0.4, 0.5) is 0 Å². The van der Waals surface area contributed by atoms with Gasteiger partial charge >= 0.3 is 0 Å². The van der Waals surface area contributed by atoms with Crippen LogP contribution in [0, 0.1) is 5.92 Å². The SMILES string of the molecule is CC(=O)NCC1(c2ccccc2)CCN(C(=O)C2CCN(Cc3ccc(CN(C)C)o3)CC2)CC1.CN(C)Cc1ccc(C=O)o1.CN(C)Cc1ccc(CO)o1. The van der Waals surface area contributed by atoms with E-state index in [9.17, 15) is 14.4 Å². The Balaban J connectivity index is 0.000000265. The zero-order valence-electron chi connectivity index (χ0n) is 35.0. The van der Waals surface area contributed by atoms with Gasteiger partial charge in [0.1, 0.15) is 35.4 Å². The Morgan fingerprint density at radius 3 is 1.74 bits per heavy atom. The molecule has 2 aliphatic rings. The lowest BCUT2D eigenvalue weighted by molar-refractivity contribution is -0.139. The van der Waals surface area contributed by atoms with Gasteiger partial charge in [0, 0.05) is 37.9 Å². The summed E-state index contributed by atoms with van der Waals surface area (Å²) in [5.74, 6) is 5.11. The molecule has 0 atom stereocenters. The van der Waals surface area contributed by atoms with Crippen LogP contribution >= 0.6 is 0 Å². The second-order valence-electron chi connectivity index (χ2n) is 16.0. The summed E-state index contributed by atoms with van der Waals surface area (Å²) in [6, 6.07) is 21.7. The van der Waals surface area contributed by atoms with Crippen molar-refractivity contribution in [1.29, 1.82) is 0 Å². The molecule has 3 aromatic heterocycles. The van der Waals surface area contributed by atoms with Gasteiger partial charge in [-0.3, -0.25) is 19.3 Å². The van der Waals surface area contributed by atoms with Gasteiger partial charge in [-0.25, -0.2) is 0 Å². The highest BCUT2D eigenvalue weighted by Gasteiger charge is 2.39. The van der Waals surface area contributed by atoms with E-state index in [0.717, 1.165) is 101 Å². The number of nitrogens with zero attached hydrogens (tertiary/aromatic N) is 5. The summed E-state index contributed by atoms with van der Waals surface area (Å²) in [5, 5.41) is 11.7. The molecule has 2 amide bonds. The first kappa shape index (κ1) is 45.2. The lowest BCUT2D eigenvalue weighted by Gasteiger charge is -2.44. The Kier molecular flexibility index (Phi) is 17.8. The van der Waals surface area contributed by atoms with Gasteiger partial charge in [0.15, 0.2) is 12.0 Å². The third kappa shape index (κ3) is 14.7. The number of benzene rings is 1. The van der Waals surface area contributed by atoms with E-state index in [1.54, 1.807) is 19.1 Å². The predicted molar refractivity (Wildman–Crippen MR) is 220 cm³/mol. The second kappa shape index (κ2) is 22.4. The van der Waals surface area contributed by atoms with Crippen molar-refractivity contribution in [3.63, 3.8) is 0 Å². The summed E-state index contributed by atoms with van der Waals surface area (Å²) >= 11 is 0. The molecule has 5 heterocycles. The molecule has 0 aliphatic carbocycles. The maximum atomic E-state index is 13.4. The number of furan rings is 3. The third-order valence-corrected chi connectivity index (χ3v) is 10.2. The molecule has 312 valence electrons. The van der Waals surface area contributed by atoms with Crippen molar-refractivity contribution in [2.75, 3.05) is 75.0 Å². The fraction of sp³-hybridized carbons (Fsp3) is 0.523. The van der Waals surface area contributed by atoms with Crippen LogP contribution in [-0.2, 0) is 47.8 Å². The highest BCUT2D eigenvalue weighted by atomic mass is 16.4. The molecule has 6 rings (SSSR count). The molecule has 13 nitrogen and oxygen atoms in total. The summed E-state index contributed by atoms with van der Waals surface area (Å²) in [4.78, 5) is 45.7. The van der Waals surface area contributed by atoms with Crippen LogP contribution < -0.4 is 5.32 Å². The predicted octanol–water partition coefficient (Wildman–Crippen LogP) is 5.24. The van der Waals surface area contributed by atoms with Crippen LogP contribution in [0.2, 0.25) is 0 Å². The van der Waals surface area contributed by atoms with E-state index >= 15 is 0 Å². The Morgan fingerprint density at radius 2 is 1.25 bits per heavy atom. The Hall–Kier alpha value is -4.53. The number of aliphatic hydroxyl groups is 1. The zero-order valence-corrected chi connectivity index (χ0v) is 35.0. The molecule has 0 bridgehead atoms. The summed E-state index contributed by atoms with van der Waals surface area (Å²) in [6.07, 6.45) is 4.25. The summed E-state index contributed by atoms with van der Waals surface area (Å²) < 4.78 is 16.4. The molecule has 0 unspecified atom stereocenters. The fourth-order valence-electron chi connectivity index (χ4n) is 7.29. The molecular weight excluding hydrogens is 725 g/mol. The maximum absolute atomic E-state index is 13.4. The van der Waals surface area contributed by atoms with Crippen molar-refractivity contribution >= 4 is 18.1 Å². The number of aldehydes is 1. The average molecular weight is 789 g/mol. The fourth-order valence-corrected chi connectivity index (χ4v) is 7.29. The van der Waals surface area contributed by atoms with Gasteiger partial charge in [0.25, 0.3) is 0 Å². The third-order valence-electron chi connectivity index (χ3n) is 10.2. The molecule has 2 aliphatic heterocycles. The number of hydrogen-bond donors (Lipinski definition) is 2. The molecule has 2 saturated heterocycles. The molecule has 13 heteroatoms. The van der Waals surface area contributed by atoms with Crippen molar-refractivity contribution in [1.82, 2.24) is 29.8 Å². The second-order valence-corrected chi connectivity index (χ2v) is 16.0. The van der Waals surface area contributed by atoms with Crippen LogP contribution in [0.15, 0.2) is 80.0 Å². The monoisotopic (exact) mass is 788 g/mol. The number of likely N-dealkylation sites (tertiary alicyclic amines) is 2. The van der Waals surface area contributed by atoms with Crippen molar-refractivity contribution < 1.29 is 32.7 Å². The number of carbonyl (C=O) groups excluding carboxylic acids is 3. The number of amides is 2. The minimum atomic E-state index is -0.110. The van der Waals surface area contributed by atoms with E-state index in [-0.39, 0.29) is 23.8 Å². The van der Waals surface area contributed by atoms with Gasteiger partial charge in [-0.1, -0.05) is 30.3 Å². The van der Waals surface area contributed by atoms with E-state index in [2.05, 4.69) is 56.4 Å². The lowest BCUT2D eigenvalue weighted by Crippen LogP contribution is -2.52. The normalized spacial score (nSPS) is 15.9. The van der Waals surface area contributed by atoms with E-state index in [1.807, 2.05) is 70.3 Å². The van der Waals surface area contributed by atoms with Crippen molar-refractivity contribution in [3.05, 3.63) is 107 Å². The number of rotatable bonds is 14. The minimum absolute atomic E-state index is 0.00551. The highest BCUT2D eigenvalue weighted by molar-refractivity contribution is 5.79. The molecule has 0 saturated carbocycles. The first-order chi connectivity index (χ1) is 27.3. The van der Waals surface area contributed by atoms with Crippen molar-refractivity contribution in [3.8, 4) is 0 Å². The number of nitrogens with one attached hydrogen (secondary N) is 1. The maximum Gasteiger partial charge on any atom is 0.225 e. The van der Waals surface area contributed by atoms with E-state index in [1.165, 1.54) is 5.56 Å². The largest absolute Gasteiger partial charge is 0.463 e. The van der Waals surface area contributed by atoms with E-state index in [4.69, 9.17) is 18.4 Å². The van der Waals surface area contributed by atoms with Gasteiger partial charge in [-0.05, 0) is 123 Å². The van der Waals surface area contributed by atoms with Crippen LogP contribution in [0.3, 0.4) is 0 Å². The van der Waals surface area contributed by atoms with Crippen LogP contribution in [0.25, 0.3) is 0 Å². The number of aliphatic hydroxyl groups excluding tert-OH is 1. The topological polar surface area (TPSA) is 139 Å². The molecule has 57 heavy (non-hydrogen) atoms. The molecule has 0 radical (unpaired) electrons. The molecule has 0 spiro atoms. The first-order valence-electron chi connectivity index (χ1n) is 19.8. The smallest absolute Gasteiger partial charge is 0.225 e. The number of carbonyl (C=O) groups is 3. The number of piperidine rings is 2. The molecule has 4 aromatic rings. The van der Waals surface area contributed by atoms with Gasteiger partial charge in [-0.15, -0.1) is 0 Å². The van der Waals surface area contributed by atoms with E-state index in [0.29, 0.717) is 30.3 Å². The molecule has 2 N–H and O–H groups in total. The Bertz CT molecular complexity index is 1780. The minimum Gasteiger partial charge on any atom is -0.463 e. The lowest BCUT2D eigenvalue weighted by atomic mass is 9.72. The Labute approximate surface area is 338 Å². The molecule has 2 fully saturated rings. The summed E-state index contributed by atoms with van der Waals surface area (Å²) in [5.41, 5.74) is 1.14. The van der Waals surface area contributed by atoms with Crippen LogP contribution in [0.5, 0.6) is 0 Å². The van der Waals surface area contributed by atoms with Crippen LogP contribution in [0.1, 0.15) is 77.5 Å². The van der Waals surface area contributed by atoms with Gasteiger partial charge in [-0.2, -0.15) is 0 Å². The van der Waals surface area contributed by atoms with Gasteiger partial charge in [0.2, 0.25) is 11.8 Å². The standard InChI is InChI=1S/C28H40N4O3.C8H13NO2.C8H11NO2/c1-22(33)29-21-28(24-7-5-4-6-8-24)13-17-32(18-14-28)27(34)23-11-15-31(16-12-23)20-26-10-9-25(35-26)19-30(2)3;2*1-9(2)5-7-3-4-8(6-10)11-7/h4-10,23H,11-21H2,1-3H3,(H,29,33);3-4,10H,5-6H2,1-2H3;3-4,6H,5H2,1-2H3. The molecular formula is C44H64N6O7. The summed E-state index contributed by atoms with van der Waals surface area (Å²) in [7, 11) is 11.9. The quantitative estimate of drug-likeness (QED) is 0.162. The average Bonchev–Trinajstić information content (AvgIpc) is 3.96. The molecule has 1 aromatic carbocycles. The van der Waals surface area contributed by atoms with Crippen molar-refractivity contribution in [2.45, 2.75) is 70.8 Å². The van der Waals surface area contributed by atoms with Gasteiger partial charge < -0.3 is 43.3 Å².